The van der Waals surface area contributed by atoms with Crippen LogP contribution in [-0.2, 0) is 16.0 Å². The van der Waals surface area contributed by atoms with E-state index in [1.54, 1.807) is 13.2 Å². The van der Waals surface area contributed by atoms with Crippen LogP contribution in [0.5, 0.6) is 0 Å². The number of methoxy groups -OCH3 is 1. The zero-order chi connectivity index (χ0) is 14.7. The molecule has 1 heterocycles. The summed E-state index contributed by atoms with van der Waals surface area (Å²) in [6.07, 6.45) is 0.959. The van der Waals surface area contributed by atoms with Gasteiger partial charge in [0, 0.05) is 24.9 Å². The summed E-state index contributed by atoms with van der Waals surface area (Å²) in [6.45, 7) is 2.43. The van der Waals surface area contributed by atoms with Crippen molar-refractivity contribution in [2.45, 2.75) is 25.8 Å². The average molecular weight is 279 g/mol. The molecule has 0 radical (unpaired) electrons. The molecule has 0 spiro atoms. The Morgan fingerprint density at radius 3 is 2.90 bits per heavy atom. The summed E-state index contributed by atoms with van der Waals surface area (Å²) in [6, 6.07) is 3.06. The number of benzene rings is 1. The minimum Gasteiger partial charge on any atom is -0.383 e. The van der Waals surface area contributed by atoms with Crippen molar-refractivity contribution in [1.29, 1.82) is 0 Å². The molecule has 1 atom stereocenters. The zero-order valence-corrected chi connectivity index (χ0v) is 11.4. The molecule has 0 bridgehead atoms. The minimum absolute atomic E-state index is 0.0187. The number of nitro groups is 1. The summed E-state index contributed by atoms with van der Waals surface area (Å²) in [7, 11) is 1.58. The Hall–Kier alpha value is -2.15. The highest BCUT2D eigenvalue weighted by atomic mass is 16.6. The van der Waals surface area contributed by atoms with Crippen LogP contribution in [0.4, 0.5) is 17.1 Å². The highest BCUT2D eigenvalue weighted by Crippen LogP contribution is 2.35. The smallest absolute Gasteiger partial charge is 0.292 e. The van der Waals surface area contributed by atoms with Crippen LogP contribution in [0.2, 0.25) is 0 Å². The number of carbonyl (C=O) groups excluding carboxylic acids is 1. The van der Waals surface area contributed by atoms with Crippen LogP contribution < -0.4 is 10.6 Å². The van der Waals surface area contributed by atoms with Gasteiger partial charge in [-0.25, -0.2) is 0 Å². The van der Waals surface area contributed by atoms with Gasteiger partial charge in [0.2, 0.25) is 5.91 Å². The van der Waals surface area contributed by atoms with Gasteiger partial charge in [0.05, 0.1) is 18.0 Å². The Morgan fingerprint density at radius 2 is 2.30 bits per heavy atom. The topological polar surface area (TPSA) is 93.5 Å². The standard InChI is InChI=1S/C13H17N3O4/c1-3-9(7-20-2)14-11-6-10-8(5-13(17)15-10)4-12(11)16(18)19/h4,6,9,14H,3,5,7H2,1-2H3,(H,15,17). The molecule has 2 N–H and O–H groups in total. The van der Waals surface area contributed by atoms with Crippen molar-refractivity contribution in [3.05, 3.63) is 27.8 Å². The number of carbonyl (C=O) groups is 1. The molecule has 0 saturated carbocycles. The number of rotatable bonds is 6. The largest absolute Gasteiger partial charge is 0.383 e. The van der Waals surface area contributed by atoms with Crippen LogP contribution in [0.15, 0.2) is 12.1 Å². The molecule has 1 unspecified atom stereocenters. The molecule has 1 aliphatic heterocycles. The van der Waals surface area contributed by atoms with Crippen LogP contribution in [0.1, 0.15) is 18.9 Å². The van der Waals surface area contributed by atoms with E-state index < -0.39 is 4.92 Å². The number of nitrogens with one attached hydrogen (secondary N) is 2. The second kappa shape index (κ2) is 5.87. The second-order valence-corrected chi connectivity index (χ2v) is 4.71. The summed E-state index contributed by atoms with van der Waals surface area (Å²) in [5, 5.41) is 17.0. The van der Waals surface area contributed by atoms with Gasteiger partial charge in [0.1, 0.15) is 5.69 Å². The predicted octanol–water partition coefficient (Wildman–Crippen LogP) is 1.93. The lowest BCUT2D eigenvalue weighted by molar-refractivity contribution is -0.384. The molecule has 0 aliphatic carbocycles. The van der Waals surface area contributed by atoms with Crippen molar-refractivity contribution >= 4 is 23.0 Å². The number of nitrogens with zero attached hydrogens (tertiary/aromatic N) is 1. The SMILES string of the molecule is CCC(COC)Nc1cc2c(cc1[N+](=O)[O-])CC(=O)N2. The van der Waals surface area contributed by atoms with Crippen molar-refractivity contribution in [2.75, 3.05) is 24.4 Å². The fourth-order valence-corrected chi connectivity index (χ4v) is 2.21. The van der Waals surface area contributed by atoms with E-state index in [0.717, 1.165) is 6.42 Å². The Kier molecular flexibility index (Phi) is 4.19. The Balaban J connectivity index is 2.33. The molecule has 1 amide bonds. The Bertz CT molecular complexity index is 545. The monoisotopic (exact) mass is 279 g/mol. The van der Waals surface area contributed by atoms with Gasteiger partial charge in [-0.2, -0.15) is 0 Å². The highest BCUT2D eigenvalue weighted by Gasteiger charge is 2.25. The summed E-state index contributed by atoms with van der Waals surface area (Å²) in [5.74, 6) is -0.143. The normalized spacial score (nSPS) is 14.6. The number of nitro benzene ring substituents is 1. The van der Waals surface area contributed by atoms with E-state index in [9.17, 15) is 14.9 Å². The number of hydrogen-bond acceptors (Lipinski definition) is 5. The first-order valence-electron chi connectivity index (χ1n) is 6.41. The summed E-state index contributed by atoms with van der Waals surface area (Å²) < 4.78 is 5.08. The third kappa shape index (κ3) is 2.88. The van der Waals surface area contributed by atoms with Crippen molar-refractivity contribution in [2.24, 2.45) is 0 Å². The number of fused-ring (bicyclic) bond motifs is 1. The summed E-state index contributed by atoms with van der Waals surface area (Å²) in [5.41, 5.74) is 1.68. The molecule has 7 heteroatoms. The van der Waals surface area contributed by atoms with Gasteiger partial charge >= 0.3 is 0 Å². The molecule has 1 aromatic carbocycles. The van der Waals surface area contributed by atoms with Gasteiger partial charge in [-0.1, -0.05) is 6.92 Å². The van der Waals surface area contributed by atoms with Gasteiger partial charge in [-0.05, 0) is 18.1 Å². The third-order valence-electron chi connectivity index (χ3n) is 3.26. The molecule has 0 fully saturated rings. The molecular formula is C13H17N3O4. The lowest BCUT2D eigenvalue weighted by Gasteiger charge is -2.17. The van der Waals surface area contributed by atoms with Crippen LogP contribution in [0.3, 0.4) is 0 Å². The van der Waals surface area contributed by atoms with E-state index in [1.807, 2.05) is 6.92 Å². The number of hydrogen-bond donors (Lipinski definition) is 2. The molecular weight excluding hydrogens is 262 g/mol. The maximum Gasteiger partial charge on any atom is 0.292 e. The van der Waals surface area contributed by atoms with Crippen molar-refractivity contribution < 1.29 is 14.5 Å². The van der Waals surface area contributed by atoms with Gasteiger partial charge in [-0.3, -0.25) is 14.9 Å². The van der Waals surface area contributed by atoms with Crippen molar-refractivity contribution in [1.82, 2.24) is 0 Å². The number of anilines is 2. The summed E-state index contributed by atoms with van der Waals surface area (Å²) >= 11 is 0. The lowest BCUT2D eigenvalue weighted by atomic mass is 10.1. The van der Waals surface area contributed by atoms with Crippen LogP contribution in [0, 0.1) is 10.1 Å². The van der Waals surface area contributed by atoms with Gasteiger partial charge in [0.15, 0.2) is 0 Å². The third-order valence-corrected chi connectivity index (χ3v) is 3.26. The van der Waals surface area contributed by atoms with E-state index in [2.05, 4.69) is 10.6 Å². The van der Waals surface area contributed by atoms with Gasteiger partial charge in [0.25, 0.3) is 5.69 Å². The Morgan fingerprint density at radius 1 is 1.55 bits per heavy atom. The predicted molar refractivity (Wildman–Crippen MR) is 75.0 cm³/mol. The van der Waals surface area contributed by atoms with Crippen molar-refractivity contribution in [3.63, 3.8) is 0 Å². The fourth-order valence-electron chi connectivity index (χ4n) is 2.21. The first-order valence-corrected chi connectivity index (χ1v) is 6.41. The van der Waals surface area contributed by atoms with E-state index in [0.29, 0.717) is 23.5 Å². The van der Waals surface area contributed by atoms with Crippen LogP contribution in [0.25, 0.3) is 0 Å². The fraction of sp³-hybridized carbons (Fsp3) is 0.462. The van der Waals surface area contributed by atoms with Gasteiger partial charge < -0.3 is 15.4 Å². The zero-order valence-electron chi connectivity index (χ0n) is 11.4. The van der Waals surface area contributed by atoms with Gasteiger partial charge in [-0.15, -0.1) is 0 Å². The van der Waals surface area contributed by atoms with Crippen LogP contribution >= 0.6 is 0 Å². The molecule has 7 nitrogen and oxygen atoms in total. The highest BCUT2D eigenvalue weighted by molar-refractivity contribution is 6.00. The summed E-state index contributed by atoms with van der Waals surface area (Å²) in [4.78, 5) is 22.1. The van der Waals surface area contributed by atoms with E-state index in [1.165, 1.54) is 6.07 Å². The van der Waals surface area contributed by atoms with E-state index >= 15 is 0 Å². The maximum absolute atomic E-state index is 11.4. The first-order chi connectivity index (χ1) is 9.55. The van der Waals surface area contributed by atoms with Crippen molar-refractivity contribution in [3.8, 4) is 0 Å². The Labute approximate surface area is 116 Å². The molecule has 1 aromatic rings. The molecule has 0 aromatic heterocycles. The molecule has 1 aliphatic rings. The number of amides is 1. The molecule has 108 valence electrons. The lowest BCUT2D eigenvalue weighted by Crippen LogP contribution is -2.24. The first kappa shape index (κ1) is 14.3. The van der Waals surface area contributed by atoms with E-state index in [-0.39, 0.29) is 24.1 Å². The quantitative estimate of drug-likeness (QED) is 0.613. The van der Waals surface area contributed by atoms with Crippen LogP contribution in [-0.4, -0.2) is 30.6 Å². The minimum atomic E-state index is -0.440. The maximum atomic E-state index is 11.4. The molecule has 2 rings (SSSR count). The van der Waals surface area contributed by atoms with E-state index in [4.69, 9.17) is 4.74 Å². The molecule has 20 heavy (non-hydrogen) atoms. The average Bonchev–Trinajstić information content (AvgIpc) is 2.76. The molecule has 0 saturated heterocycles. The second-order valence-electron chi connectivity index (χ2n) is 4.71. The number of ether oxygens (including phenoxy) is 1.